The highest BCUT2D eigenvalue weighted by Crippen LogP contribution is 2.34. The molecule has 4 rings (SSSR count). The van der Waals surface area contributed by atoms with Crippen molar-refractivity contribution >= 4 is 20.8 Å². The first-order valence-corrected chi connectivity index (χ1v) is 11.7. The van der Waals surface area contributed by atoms with E-state index in [4.69, 9.17) is 10.00 Å². The van der Waals surface area contributed by atoms with Gasteiger partial charge in [0.1, 0.15) is 23.7 Å². The molecule has 1 saturated heterocycles. The Bertz CT molecular complexity index is 1260. The number of fused-ring (bicyclic) bond motifs is 1. The van der Waals surface area contributed by atoms with Crippen LogP contribution >= 0.6 is 0 Å². The van der Waals surface area contributed by atoms with E-state index in [0.717, 1.165) is 16.3 Å². The maximum Gasteiger partial charge on any atom is 0.213 e. The smallest absolute Gasteiger partial charge is 0.213 e. The summed E-state index contributed by atoms with van der Waals surface area (Å²) in [7, 11) is -3.19. The first-order chi connectivity index (χ1) is 14.9. The molecule has 31 heavy (non-hydrogen) atoms. The van der Waals surface area contributed by atoms with Crippen LogP contribution in [0.3, 0.4) is 0 Å². The van der Waals surface area contributed by atoms with Crippen LogP contribution in [0.4, 0.5) is 4.39 Å². The Kier molecular flexibility index (Phi) is 5.90. The fourth-order valence-corrected chi connectivity index (χ4v) is 4.94. The molecule has 0 N–H and O–H groups in total. The van der Waals surface area contributed by atoms with Crippen molar-refractivity contribution < 1.29 is 17.5 Å². The molecule has 1 fully saturated rings. The molecule has 0 radical (unpaired) electrons. The number of rotatable bonds is 5. The number of sulfonamides is 1. The number of nitriles is 1. The second kappa shape index (κ2) is 8.61. The molecule has 0 spiro atoms. The van der Waals surface area contributed by atoms with Gasteiger partial charge in [-0.05, 0) is 66.6 Å². The van der Waals surface area contributed by atoms with Gasteiger partial charge in [-0.1, -0.05) is 6.07 Å². The molecule has 2 aromatic carbocycles. The summed E-state index contributed by atoms with van der Waals surface area (Å²) in [5.74, 6) is 0.181. The number of ether oxygens (including phenoxy) is 1. The van der Waals surface area contributed by atoms with Crippen LogP contribution in [-0.4, -0.2) is 42.7 Å². The van der Waals surface area contributed by atoms with Crippen molar-refractivity contribution in [2.45, 2.75) is 25.9 Å². The molecular formula is C23H22FN3O3S. The van der Waals surface area contributed by atoms with Crippen LogP contribution in [0.15, 0.2) is 48.8 Å². The van der Waals surface area contributed by atoms with Gasteiger partial charge in [-0.3, -0.25) is 4.98 Å². The lowest BCUT2D eigenvalue weighted by Gasteiger charge is -2.31. The Balaban J connectivity index is 1.65. The highest BCUT2D eigenvalue weighted by Gasteiger charge is 2.28. The molecule has 0 saturated carbocycles. The number of halogens is 1. The Morgan fingerprint density at radius 1 is 1.19 bits per heavy atom. The van der Waals surface area contributed by atoms with Gasteiger partial charge < -0.3 is 4.74 Å². The van der Waals surface area contributed by atoms with Gasteiger partial charge in [-0.2, -0.15) is 5.26 Å². The van der Waals surface area contributed by atoms with Crippen molar-refractivity contribution in [1.29, 1.82) is 5.26 Å². The summed E-state index contributed by atoms with van der Waals surface area (Å²) in [4.78, 5) is 4.20. The molecule has 1 aromatic heterocycles. The van der Waals surface area contributed by atoms with Gasteiger partial charge in [-0.15, -0.1) is 0 Å². The lowest BCUT2D eigenvalue weighted by Crippen LogP contribution is -2.42. The predicted octanol–water partition coefficient (Wildman–Crippen LogP) is 4.11. The van der Waals surface area contributed by atoms with Gasteiger partial charge in [0.2, 0.25) is 10.0 Å². The van der Waals surface area contributed by atoms with Crippen molar-refractivity contribution in [2.24, 2.45) is 0 Å². The molecule has 6 nitrogen and oxygen atoms in total. The number of hydrogen-bond donors (Lipinski definition) is 0. The summed E-state index contributed by atoms with van der Waals surface area (Å²) in [6.45, 7) is 2.51. The zero-order chi connectivity index (χ0) is 22.0. The SMILES string of the molecule is CCS(=O)(=O)N1CCC(Oc2cc(-c3ccc(F)c(C#N)c3)cc3ccncc23)CC1. The molecule has 8 heteroatoms. The first-order valence-electron chi connectivity index (χ1n) is 10.1. The second-order valence-electron chi connectivity index (χ2n) is 7.49. The van der Waals surface area contributed by atoms with E-state index in [1.165, 1.54) is 16.4 Å². The van der Waals surface area contributed by atoms with Crippen LogP contribution in [-0.2, 0) is 10.0 Å². The van der Waals surface area contributed by atoms with E-state index < -0.39 is 15.8 Å². The Morgan fingerprint density at radius 2 is 1.97 bits per heavy atom. The number of benzene rings is 2. The first kappa shape index (κ1) is 21.2. The molecule has 160 valence electrons. The van der Waals surface area contributed by atoms with Crippen molar-refractivity contribution in [2.75, 3.05) is 18.8 Å². The van der Waals surface area contributed by atoms with Gasteiger partial charge in [0.15, 0.2) is 0 Å². The standard InChI is InChI=1S/C23H22FN3O3S/c1-2-31(28,29)27-9-6-20(7-10-27)30-23-13-18(12-17-5-8-26-15-21(17)23)16-3-4-22(24)19(11-16)14-25/h3-5,8,11-13,15,20H,2,6-7,9-10H2,1H3. The Hall–Kier alpha value is -3.02. The van der Waals surface area contributed by atoms with Crippen LogP contribution < -0.4 is 4.74 Å². The molecule has 0 unspecified atom stereocenters. The number of pyridine rings is 1. The maximum absolute atomic E-state index is 13.8. The van der Waals surface area contributed by atoms with Gasteiger partial charge in [-0.25, -0.2) is 17.1 Å². The van der Waals surface area contributed by atoms with E-state index in [1.54, 1.807) is 25.4 Å². The number of piperidine rings is 1. The van der Waals surface area contributed by atoms with Crippen molar-refractivity contribution in [3.05, 3.63) is 60.2 Å². The summed E-state index contributed by atoms with van der Waals surface area (Å²) in [6.07, 6.45) is 4.50. The Morgan fingerprint density at radius 3 is 2.68 bits per heavy atom. The molecule has 0 amide bonds. The van der Waals surface area contributed by atoms with Crippen LogP contribution in [0.1, 0.15) is 25.3 Å². The van der Waals surface area contributed by atoms with Crippen molar-refractivity contribution in [1.82, 2.24) is 9.29 Å². The number of aromatic nitrogens is 1. The lowest BCUT2D eigenvalue weighted by molar-refractivity contribution is 0.137. The zero-order valence-electron chi connectivity index (χ0n) is 17.1. The average Bonchev–Trinajstić information content (AvgIpc) is 2.79. The van der Waals surface area contributed by atoms with E-state index in [9.17, 15) is 12.8 Å². The largest absolute Gasteiger partial charge is 0.490 e. The minimum absolute atomic E-state index is 0.0145. The minimum Gasteiger partial charge on any atom is -0.490 e. The zero-order valence-corrected chi connectivity index (χ0v) is 17.9. The summed E-state index contributed by atoms with van der Waals surface area (Å²) < 4.78 is 45.8. The highest BCUT2D eigenvalue weighted by molar-refractivity contribution is 7.89. The van der Waals surface area contributed by atoms with Gasteiger partial charge in [0.25, 0.3) is 0 Å². The summed E-state index contributed by atoms with van der Waals surface area (Å²) in [6, 6.07) is 12.0. The third-order valence-electron chi connectivity index (χ3n) is 5.59. The Labute approximate surface area is 180 Å². The fourth-order valence-electron chi connectivity index (χ4n) is 3.81. The molecule has 1 aliphatic heterocycles. The third-order valence-corrected chi connectivity index (χ3v) is 7.47. The van der Waals surface area contributed by atoms with Gasteiger partial charge in [0, 0.05) is 30.9 Å². The van der Waals surface area contributed by atoms with E-state index in [0.29, 0.717) is 37.2 Å². The molecule has 1 aliphatic rings. The molecule has 0 atom stereocenters. The highest BCUT2D eigenvalue weighted by atomic mass is 32.2. The lowest BCUT2D eigenvalue weighted by atomic mass is 9.99. The van der Waals surface area contributed by atoms with Gasteiger partial charge >= 0.3 is 0 Å². The maximum atomic E-state index is 13.8. The summed E-state index contributed by atoms with van der Waals surface area (Å²) >= 11 is 0. The van der Waals surface area contributed by atoms with E-state index in [1.807, 2.05) is 24.3 Å². The van der Waals surface area contributed by atoms with Crippen LogP contribution in [0.5, 0.6) is 5.75 Å². The number of nitrogens with zero attached hydrogens (tertiary/aromatic N) is 3. The fraction of sp³-hybridized carbons (Fsp3) is 0.304. The van der Waals surface area contributed by atoms with E-state index in [-0.39, 0.29) is 17.4 Å². The monoisotopic (exact) mass is 439 g/mol. The molecule has 0 bridgehead atoms. The molecule has 0 aliphatic carbocycles. The topological polar surface area (TPSA) is 83.3 Å². The second-order valence-corrected chi connectivity index (χ2v) is 9.75. The van der Waals surface area contributed by atoms with Crippen molar-refractivity contribution in [3.8, 4) is 22.9 Å². The minimum atomic E-state index is -3.19. The summed E-state index contributed by atoms with van der Waals surface area (Å²) in [5, 5.41) is 10.9. The van der Waals surface area contributed by atoms with Gasteiger partial charge in [0.05, 0.1) is 11.3 Å². The van der Waals surface area contributed by atoms with Crippen LogP contribution in [0, 0.1) is 17.1 Å². The van der Waals surface area contributed by atoms with Crippen LogP contribution in [0.2, 0.25) is 0 Å². The van der Waals surface area contributed by atoms with E-state index >= 15 is 0 Å². The molecular weight excluding hydrogens is 417 g/mol. The van der Waals surface area contributed by atoms with Crippen LogP contribution in [0.25, 0.3) is 21.9 Å². The average molecular weight is 440 g/mol. The predicted molar refractivity (Wildman–Crippen MR) is 117 cm³/mol. The van der Waals surface area contributed by atoms with E-state index in [2.05, 4.69) is 4.98 Å². The normalized spacial score (nSPS) is 15.6. The number of hydrogen-bond acceptors (Lipinski definition) is 5. The molecule has 3 aromatic rings. The third kappa shape index (κ3) is 4.38. The quantitative estimate of drug-likeness (QED) is 0.598. The van der Waals surface area contributed by atoms with Crippen molar-refractivity contribution in [3.63, 3.8) is 0 Å². The molecule has 2 heterocycles. The summed E-state index contributed by atoms with van der Waals surface area (Å²) in [5.41, 5.74) is 1.50.